The first-order valence-electron chi connectivity index (χ1n) is 5.19. The molecular weight excluding hydrogens is 180 g/mol. The van der Waals surface area contributed by atoms with Crippen molar-refractivity contribution in [2.24, 2.45) is 5.73 Å². The van der Waals surface area contributed by atoms with E-state index in [1.54, 1.807) is 13.8 Å². The van der Waals surface area contributed by atoms with Gasteiger partial charge in [0.1, 0.15) is 0 Å². The molecule has 1 rings (SSSR count). The quantitative estimate of drug-likeness (QED) is 0.691. The van der Waals surface area contributed by atoms with Crippen molar-refractivity contribution in [2.45, 2.75) is 44.8 Å². The SMILES string of the molecule is CC(C)(NCC1CCCCO1)C(N)=O. The third-order valence-electron chi connectivity index (χ3n) is 2.66. The highest BCUT2D eigenvalue weighted by Gasteiger charge is 2.25. The lowest BCUT2D eigenvalue weighted by Crippen LogP contribution is -2.53. The summed E-state index contributed by atoms with van der Waals surface area (Å²) in [5.74, 6) is -0.326. The first-order valence-corrected chi connectivity index (χ1v) is 5.19. The summed E-state index contributed by atoms with van der Waals surface area (Å²) in [5, 5.41) is 3.13. The summed E-state index contributed by atoms with van der Waals surface area (Å²) in [6, 6.07) is 0. The molecular formula is C10H20N2O2. The van der Waals surface area contributed by atoms with Crippen LogP contribution in [0.1, 0.15) is 33.1 Å². The lowest BCUT2D eigenvalue weighted by atomic mass is 10.0. The summed E-state index contributed by atoms with van der Waals surface area (Å²) in [6.45, 7) is 5.12. The molecule has 4 heteroatoms. The van der Waals surface area contributed by atoms with Crippen LogP contribution in [0.4, 0.5) is 0 Å². The van der Waals surface area contributed by atoms with Crippen LogP contribution in [0.15, 0.2) is 0 Å². The van der Waals surface area contributed by atoms with Gasteiger partial charge in [-0.05, 0) is 33.1 Å². The van der Waals surface area contributed by atoms with E-state index in [2.05, 4.69) is 5.32 Å². The maximum atomic E-state index is 11.0. The van der Waals surface area contributed by atoms with Crippen LogP contribution >= 0.6 is 0 Å². The Morgan fingerprint density at radius 3 is 2.79 bits per heavy atom. The van der Waals surface area contributed by atoms with E-state index >= 15 is 0 Å². The molecule has 0 spiro atoms. The van der Waals surface area contributed by atoms with E-state index in [0.29, 0.717) is 6.54 Å². The number of hydrogen-bond donors (Lipinski definition) is 2. The summed E-state index contributed by atoms with van der Waals surface area (Å²) in [6.07, 6.45) is 3.67. The van der Waals surface area contributed by atoms with Gasteiger partial charge in [0.2, 0.25) is 5.91 Å². The van der Waals surface area contributed by atoms with Gasteiger partial charge in [-0.2, -0.15) is 0 Å². The second kappa shape index (κ2) is 4.75. The average Bonchev–Trinajstić information content (AvgIpc) is 2.16. The number of amides is 1. The van der Waals surface area contributed by atoms with Gasteiger partial charge in [0.15, 0.2) is 0 Å². The highest BCUT2D eigenvalue weighted by atomic mass is 16.5. The summed E-state index contributed by atoms with van der Waals surface area (Å²) in [4.78, 5) is 11.0. The third-order valence-corrected chi connectivity index (χ3v) is 2.66. The van der Waals surface area contributed by atoms with Crippen LogP contribution in [0.25, 0.3) is 0 Å². The predicted molar refractivity (Wildman–Crippen MR) is 54.9 cm³/mol. The molecule has 1 heterocycles. The maximum absolute atomic E-state index is 11.0. The van der Waals surface area contributed by atoms with Crippen LogP contribution in [-0.4, -0.2) is 30.7 Å². The first-order chi connectivity index (χ1) is 6.52. The normalized spacial score (nSPS) is 23.4. The average molecular weight is 200 g/mol. The highest BCUT2D eigenvalue weighted by molar-refractivity contribution is 5.83. The van der Waals surface area contributed by atoms with Crippen LogP contribution < -0.4 is 11.1 Å². The molecule has 82 valence electrons. The van der Waals surface area contributed by atoms with Crippen molar-refractivity contribution >= 4 is 5.91 Å². The lowest BCUT2D eigenvalue weighted by Gasteiger charge is -2.28. The van der Waals surface area contributed by atoms with E-state index in [0.717, 1.165) is 19.4 Å². The molecule has 1 aliphatic rings. The fourth-order valence-electron chi connectivity index (χ4n) is 1.42. The minimum absolute atomic E-state index is 0.238. The Hall–Kier alpha value is -0.610. The number of ether oxygens (including phenoxy) is 1. The predicted octanol–water partition coefficient (Wildman–Crippen LogP) is 0.409. The summed E-state index contributed by atoms with van der Waals surface area (Å²) in [7, 11) is 0. The van der Waals surface area contributed by atoms with Gasteiger partial charge in [-0.25, -0.2) is 0 Å². The summed E-state index contributed by atoms with van der Waals surface area (Å²) in [5.41, 5.74) is 4.61. The van der Waals surface area contributed by atoms with E-state index in [1.165, 1.54) is 6.42 Å². The molecule has 0 saturated carbocycles. The van der Waals surface area contributed by atoms with Crippen molar-refractivity contribution < 1.29 is 9.53 Å². The zero-order chi connectivity index (χ0) is 10.6. The molecule has 3 N–H and O–H groups in total. The fraction of sp³-hybridized carbons (Fsp3) is 0.900. The molecule has 0 aromatic carbocycles. The van der Waals surface area contributed by atoms with Crippen LogP contribution in [0, 0.1) is 0 Å². The molecule has 0 bridgehead atoms. The molecule has 1 aliphatic heterocycles. The Morgan fingerprint density at radius 1 is 1.57 bits per heavy atom. The number of primary amides is 1. The van der Waals surface area contributed by atoms with Crippen LogP contribution in [0.5, 0.6) is 0 Å². The number of hydrogen-bond acceptors (Lipinski definition) is 3. The molecule has 14 heavy (non-hydrogen) atoms. The van der Waals surface area contributed by atoms with Crippen LogP contribution in [0.2, 0.25) is 0 Å². The number of nitrogens with two attached hydrogens (primary N) is 1. The second-order valence-corrected chi connectivity index (χ2v) is 4.36. The van der Waals surface area contributed by atoms with Crippen LogP contribution in [0.3, 0.4) is 0 Å². The zero-order valence-electron chi connectivity index (χ0n) is 9.01. The number of carbonyl (C=O) groups excluding carboxylic acids is 1. The van der Waals surface area contributed by atoms with Gasteiger partial charge < -0.3 is 15.8 Å². The molecule has 0 aliphatic carbocycles. The molecule has 1 atom stereocenters. The van der Waals surface area contributed by atoms with E-state index < -0.39 is 5.54 Å². The lowest BCUT2D eigenvalue weighted by molar-refractivity contribution is -0.123. The first kappa shape index (κ1) is 11.5. The highest BCUT2D eigenvalue weighted by Crippen LogP contribution is 2.12. The summed E-state index contributed by atoms with van der Waals surface area (Å²) >= 11 is 0. The van der Waals surface area contributed by atoms with Crippen molar-refractivity contribution in [1.82, 2.24) is 5.32 Å². The minimum atomic E-state index is -0.638. The molecule has 4 nitrogen and oxygen atoms in total. The second-order valence-electron chi connectivity index (χ2n) is 4.36. The maximum Gasteiger partial charge on any atom is 0.237 e. The van der Waals surface area contributed by atoms with E-state index in [9.17, 15) is 4.79 Å². The molecule has 1 saturated heterocycles. The Labute approximate surface area is 85.2 Å². The Morgan fingerprint density at radius 2 is 2.29 bits per heavy atom. The largest absolute Gasteiger partial charge is 0.377 e. The summed E-state index contributed by atoms with van der Waals surface area (Å²) < 4.78 is 5.54. The van der Waals surface area contributed by atoms with Crippen molar-refractivity contribution in [2.75, 3.05) is 13.2 Å². The van der Waals surface area contributed by atoms with Gasteiger partial charge in [-0.1, -0.05) is 0 Å². The van der Waals surface area contributed by atoms with Gasteiger partial charge in [-0.3, -0.25) is 4.79 Å². The third kappa shape index (κ3) is 3.27. The van der Waals surface area contributed by atoms with Crippen molar-refractivity contribution in [3.63, 3.8) is 0 Å². The zero-order valence-corrected chi connectivity index (χ0v) is 9.01. The van der Waals surface area contributed by atoms with Gasteiger partial charge in [0.05, 0.1) is 11.6 Å². The Kier molecular flexibility index (Phi) is 3.89. The van der Waals surface area contributed by atoms with Gasteiger partial charge in [0, 0.05) is 13.2 Å². The number of nitrogens with one attached hydrogen (secondary N) is 1. The fourth-order valence-corrected chi connectivity index (χ4v) is 1.42. The Balaban J connectivity index is 2.28. The van der Waals surface area contributed by atoms with Gasteiger partial charge in [-0.15, -0.1) is 0 Å². The van der Waals surface area contributed by atoms with E-state index in [-0.39, 0.29) is 12.0 Å². The molecule has 1 amide bonds. The van der Waals surface area contributed by atoms with Gasteiger partial charge >= 0.3 is 0 Å². The molecule has 0 aromatic heterocycles. The topological polar surface area (TPSA) is 64.3 Å². The number of rotatable bonds is 4. The van der Waals surface area contributed by atoms with Gasteiger partial charge in [0.25, 0.3) is 0 Å². The molecule has 1 unspecified atom stereocenters. The van der Waals surface area contributed by atoms with Crippen LogP contribution in [-0.2, 0) is 9.53 Å². The van der Waals surface area contributed by atoms with E-state index in [1.807, 2.05) is 0 Å². The molecule has 0 radical (unpaired) electrons. The van der Waals surface area contributed by atoms with Crippen molar-refractivity contribution in [1.29, 1.82) is 0 Å². The monoisotopic (exact) mass is 200 g/mol. The van der Waals surface area contributed by atoms with Crippen molar-refractivity contribution in [3.8, 4) is 0 Å². The van der Waals surface area contributed by atoms with Crippen molar-refractivity contribution in [3.05, 3.63) is 0 Å². The molecule has 1 fully saturated rings. The standard InChI is InChI=1S/C10H20N2O2/c1-10(2,9(11)13)12-7-8-5-3-4-6-14-8/h8,12H,3-7H2,1-2H3,(H2,11,13). The number of carbonyl (C=O) groups is 1. The minimum Gasteiger partial charge on any atom is -0.377 e. The Bertz CT molecular complexity index is 198. The molecule has 0 aromatic rings. The smallest absolute Gasteiger partial charge is 0.237 e. The van der Waals surface area contributed by atoms with E-state index in [4.69, 9.17) is 10.5 Å².